The molecule has 644 valence electrons. The van der Waals surface area contributed by atoms with Gasteiger partial charge in [0.2, 0.25) is 0 Å². The van der Waals surface area contributed by atoms with Crippen LogP contribution in [0.25, 0.3) is 68.3 Å². The van der Waals surface area contributed by atoms with Gasteiger partial charge in [-0.15, -0.1) is 40.8 Å². The van der Waals surface area contributed by atoms with E-state index in [4.69, 9.17) is 0 Å². The molecule has 0 saturated carbocycles. The zero-order chi connectivity index (χ0) is 89.4. The lowest BCUT2D eigenvalue weighted by Crippen LogP contribution is -2.11. The van der Waals surface area contributed by atoms with E-state index in [0.717, 1.165) is 91.1 Å². The summed E-state index contributed by atoms with van der Waals surface area (Å²) in [5.41, 5.74) is 22.8. The van der Waals surface area contributed by atoms with Crippen LogP contribution in [0.15, 0.2) is 202 Å². The van der Waals surface area contributed by atoms with E-state index in [2.05, 4.69) is 140 Å². The normalized spacial score (nSPS) is 11.5. The van der Waals surface area contributed by atoms with Gasteiger partial charge in [-0.25, -0.2) is 57.4 Å². The number of aryl methyl sites for hydroxylation is 10. The molecule has 0 radical (unpaired) electrons. The highest BCUT2D eigenvalue weighted by Crippen LogP contribution is 2.31. The molecule has 0 aliphatic heterocycles. The highest BCUT2D eigenvalue weighted by molar-refractivity contribution is 5.65. The molecule has 32 heteroatoms. The van der Waals surface area contributed by atoms with Crippen molar-refractivity contribution in [3.8, 4) is 68.3 Å². The Labute approximate surface area is 725 Å². The number of aliphatic hydroxyl groups excluding tert-OH is 4. The summed E-state index contributed by atoms with van der Waals surface area (Å²) in [4.78, 5) is 35.2. The fourth-order valence-electron chi connectivity index (χ4n) is 13.7. The molecule has 0 spiro atoms. The number of hydrogen-bond donors (Lipinski definition) is 8. The monoisotopic (exact) mass is 1700 g/mol. The van der Waals surface area contributed by atoms with Crippen molar-refractivity contribution in [1.82, 2.24) is 98.9 Å². The van der Waals surface area contributed by atoms with Gasteiger partial charge in [0.15, 0.2) is 23.3 Å². The van der Waals surface area contributed by atoms with Gasteiger partial charge >= 0.3 is 0 Å². The van der Waals surface area contributed by atoms with Crippen LogP contribution in [-0.2, 0) is 39.4 Å². The largest absolute Gasteiger partial charge is 0.390 e. The second-order valence-electron chi connectivity index (χ2n) is 30.5. The maximum Gasteiger partial charge on any atom is 0.152 e. The minimum Gasteiger partial charge on any atom is -0.390 e. The molecule has 0 unspecified atom stereocenters. The summed E-state index contributed by atoms with van der Waals surface area (Å²) in [6.07, 6.45) is 15.0. The molecule has 8 N–H and O–H groups in total. The van der Waals surface area contributed by atoms with E-state index in [1.807, 2.05) is 174 Å². The number of aliphatic hydroxyl groups is 4. The molecule has 16 aromatic rings. The Kier molecular flexibility index (Phi) is 28.7. The fraction of sp³-hybridized carbons (Fsp3) is 0.234. The molecular weight excluding hydrogens is 1610 g/mol. The molecule has 2 atom stereocenters. The van der Waals surface area contributed by atoms with Crippen molar-refractivity contribution < 1.29 is 38.0 Å². The number of imidazole rings is 4. The van der Waals surface area contributed by atoms with Gasteiger partial charge in [0.25, 0.3) is 0 Å². The zero-order valence-electron chi connectivity index (χ0n) is 71.9. The summed E-state index contributed by atoms with van der Waals surface area (Å²) < 4.78 is 61.4. The number of hydrogen-bond acceptors (Lipinski definition) is 24. The standard InChI is InChI=1S/C24H25FN6O.C24H26N6O.C23H22F2N6O.C23H23FN6O/c1-14-9-18(5-6-19(14)25)17(4)27-24-15(2)10-21(29-30-24)20-7-8-23(22(12-32)28-20)31-11-16(3)26-13-31;1-15-6-5-7-19(10-15)18(4)26-24-16(2)11-21(28-29-24)20-8-9-23(22(13-31)27-20)30-12-17(3)25-14-30;1-13-6-20(19-4-5-22(21(11-32)28-19)31-10-14(2)27-12-31)29-30-23(13)26-9-16-7-17(24)15(3)18(25)8-16;1-15-11-20(28-29-23(15)25-10-9-17-3-5-18(24)6-4-17)19-7-8-22(21(13-31)27-19)30-12-16(2)26-14-30/h5-11,13,17,32H,12H2,1-4H3,(H,27,30);5-12,14,18,31H,13H2,1-4H3,(H,26,29);4-8,10,12,32H,9,11H2,1-3H3,(H,26,30);3-8,11-12,14,31H,9-10,13H2,1-2H3,(H,25,29)/t17-;18-;;/m00../s1. The van der Waals surface area contributed by atoms with Gasteiger partial charge in [-0.1, -0.05) is 54.1 Å². The summed E-state index contributed by atoms with van der Waals surface area (Å²) in [5.74, 6) is 0.967. The van der Waals surface area contributed by atoms with Crippen molar-refractivity contribution in [2.24, 2.45) is 0 Å². The molecule has 12 heterocycles. The lowest BCUT2D eigenvalue weighted by atomic mass is 10.1. The minimum absolute atomic E-state index is 0.00184. The van der Waals surface area contributed by atoms with Gasteiger partial charge in [-0.2, -0.15) is 0 Å². The number of anilines is 4. The van der Waals surface area contributed by atoms with Gasteiger partial charge in [-0.3, -0.25) is 0 Å². The van der Waals surface area contributed by atoms with Gasteiger partial charge in [0, 0.05) is 43.4 Å². The number of nitrogens with one attached hydrogen (secondary N) is 4. The first-order valence-electron chi connectivity index (χ1n) is 40.6. The fourth-order valence-corrected chi connectivity index (χ4v) is 13.7. The number of nitrogens with zero attached hydrogens (tertiary/aromatic N) is 20. The van der Waals surface area contributed by atoms with E-state index in [0.29, 0.717) is 103 Å². The third-order valence-corrected chi connectivity index (χ3v) is 20.7. The molecule has 0 amide bonds. The summed E-state index contributed by atoms with van der Waals surface area (Å²) in [7, 11) is 0. The van der Waals surface area contributed by atoms with E-state index in [1.165, 1.54) is 48.4 Å². The van der Waals surface area contributed by atoms with Crippen LogP contribution < -0.4 is 21.3 Å². The minimum atomic E-state index is -0.583. The molecule has 0 aliphatic rings. The Balaban J connectivity index is 0.000000144. The Hall–Kier alpha value is -14.6. The molecule has 0 aliphatic carbocycles. The first-order valence-corrected chi connectivity index (χ1v) is 40.6. The van der Waals surface area contributed by atoms with E-state index in [1.54, 1.807) is 61.1 Å². The Morgan fingerprint density at radius 2 is 0.690 bits per heavy atom. The molecule has 16 rings (SSSR count). The molecule has 28 nitrogen and oxygen atoms in total. The number of benzene rings is 4. The third-order valence-electron chi connectivity index (χ3n) is 20.7. The van der Waals surface area contributed by atoms with E-state index in [-0.39, 0.29) is 62.3 Å². The molecule has 4 aromatic carbocycles. The summed E-state index contributed by atoms with van der Waals surface area (Å²) in [6.45, 7) is 24.7. The van der Waals surface area contributed by atoms with Crippen molar-refractivity contribution in [1.29, 1.82) is 0 Å². The van der Waals surface area contributed by atoms with Crippen molar-refractivity contribution in [3.63, 3.8) is 0 Å². The SMILES string of the molecule is Cc1cccc([C@H](C)Nc2nnc(-c3ccc(-n4cnc(C)c4)c(CO)n3)cc2C)c1.Cc1cn(-c2ccc(-c3cc(C)c(NCCc4ccc(F)cc4)nn3)nc2CO)cn1.Cc1cn(-c2ccc(-c3cc(C)c(NCc4cc(F)c(C)c(F)c4)nn3)nc2CO)cn1.Cc1cn(-c2ccc(-c3cc(C)c(N[C@@H](C)c4ccc(F)c(C)c4)nn3)nc2CO)cn1. The van der Waals surface area contributed by atoms with Crippen LogP contribution in [0.2, 0.25) is 0 Å². The van der Waals surface area contributed by atoms with Crippen LogP contribution in [0.1, 0.15) is 133 Å². The number of pyridine rings is 4. The first kappa shape index (κ1) is 89.2. The lowest BCUT2D eigenvalue weighted by Gasteiger charge is -2.17. The van der Waals surface area contributed by atoms with Gasteiger partial charge in [0.05, 0.1) is 155 Å². The van der Waals surface area contributed by atoms with Gasteiger partial charge in [0.1, 0.15) is 46.0 Å². The van der Waals surface area contributed by atoms with Crippen molar-refractivity contribution in [2.75, 3.05) is 27.8 Å². The second kappa shape index (κ2) is 40.6. The maximum absolute atomic E-state index is 13.8. The summed E-state index contributed by atoms with van der Waals surface area (Å²) in [6, 6.07) is 45.1. The van der Waals surface area contributed by atoms with Crippen LogP contribution in [-0.4, -0.2) is 126 Å². The molecule has 126 heavy (non-hydrogen) atoms. The average Bonchev–Trinajstić information content (AvgIpc) is 1.47. The predicted molar refractivity (Wildman–Crippen MR) is 475 cm³/mol. The molecular formula is C94H96F4N24O4. The summed E-state index contributed by atoms with van der Waals surface area (Å²) >= 11 is 0. The van der Waals surface area contributed by atoms with Crippen LogP contribution in [0.3, 0.4) is 0 Å². The maximum atomic E-state index is 13.8. The lowest BCUT2D eigenvalue weighted by molar-refractivity contribution is 0.276. The smallest absolute Gasteiger partial charge is 0.152 e. The number of halogens is 4. The Morgan fingerprint density at radius 3 is 1.02 bits per heavy atom. The van der Waals surface area contributed by atoms with Crippen molar-refractivity contribution >= 4 is 23.3 Å². The predicted octanol–water partition coefficient (Wildman–Crippen LogP) is 16.4. The highest BCUT2D eigenvalue weighted by atomic mass is 19.1. The molecule has 0 bridgehead atoms. The third kappa shape index (κ3) is 22.1. The van der Waals surface area contributed by atoms with Crippen LogP contribution >= 0.6 is 0 Å². The van der Waals surface area contributed by atoms with Crippen LogP contribution in [0.5, 0.6) is 0 Å². The molecule has 12 aromatic heterocycles. The van der Waals surface area contributed by atoms with Gasteiger partial charge < -0.3 is 60.0 Å². The quantitative estimate of drug-likeness (QED) is 0.0246. The van der Waals surface area contributed by atoms with Crippen molar-refractivity contribution in [2.45, 2.75) is 141 Å². The average molecular weight is 1700 g/mol. The second-order valence-corrected chi connectivity index (χ2v) is 30.5. The Bertz CT molecular complexity index is 6490. The van der Waals surface area contributed by atoms with Crippen LogP contribution in [0, 0.1) is 99.4 Å². The van der Waals surface area contributed by atoms with E-state index >= 15 is 0 Å². The van der Waals surface area contributed by atoms with E-state index in [9.17, 15) is 38.0 Å². The summed E-state index contributed by atoms with van der Waals surface area (Å²) in [5, 5.41) is 86.9. The molecule has 0 saturated heterocycles. The zero-order valence-corrected chi connectivity index (χ0v) is 71.9. The van der Waals surface area contributed by atoms with Crippen LogP contribution in [0.4, 0.5) is 40.8 Å². The van der Waals surface area contributed by atoms with Crippen molar-refractivity contribution in [3.05, 3.63) is 332 Å². The molecule has 0 fully saturated rings. The number of rotatable bonds is 25. The Morgan fingerprint density at radius 1 is 0.333 bits per heavy atom. The first-order chi connectivity index (χ1) is 60.7. The van der Waals surface area contributed by atoms with E-state index < -0.39 is 11.6 Å². The van der Waals surface area contributed by atoms with Gasteiger partial charge in [-0.05, 0) is 250 Å². The highest BCUT2D eigenvalue weighted by Gasteiger charge is 2.21. The topological polar surface area (TPSA) is 355 Å². The number of aromatic nitrogens is 20.